The molecule has 2 heteroatoms. The van der Waals surface area contributed by atoms with E-state index in [0.717, 1.165) is 5.56 Å². The molecule has 2 atom stereocenters. The molecule has 2 N–H and O–H groups in total. The first-order chi connectivity index (χ1) is 9.38. The van der Waals surface area contributed by atoms with Gasteiger partial charge in [-0.3, -0.25) is 0 Å². The number of hydrogen-bond donors (Lipinski definition) is 2. The predicted molar refractivity (Wildman–Crippen MR) is 85.8 cm³/mol. The number of nitrogens with one attached hydrogen (secondary N) is 1. The third-order valence-corrected chi connectivity index (χ3v) is 4.07. The fraction of sp³-hybridized carbons (Fsp3) is 0.444. The van der Waals surface area contributed by atoms with Crippen LogP contribution in [0, 0.1) is 5.41 Å². The van der Waals surface area contributed by atoms with E-state index in [2.05, 4.69) is 57.3 Å². The van der Waals surface area contributed by atoms with Gasteiger partial charge in [-0.25, -0.2) is 0 Å². The normalized spacial score (nSPS) is 15.2. The summed E-state index contributed by atoms with van der Waals surface area (Å²) in [4.78, 5) is 0. The molecule has 0 aliphatic carbocycles. The second kappa shape index (κ2) is 5.94. The lowest BCUT2D eigenvalue weighted by atomic mass is 9.88. The van der Waals surface area contributed by atoms with E-state index in [1.807, 2.05) is 18.2 Å². The highest BCUT2D eigenvalue weighted by Crippen LogP contribution is 2.22. The molecule has 20 heavy (non-hydrogen) atoms. The van der Waals surface area contributed by atoms with Crippen molar-refractivity contribution in [3.8, 4) is 0 Å². The fourth-order valence-corrected chi connectivity index (χ4v) is 2.13. The molecule has 2 aromatic rings. The van der Waals surface area contributed by atoms with Gasteiger partial charge in [0.25, 0.3) is 0 Å². The Hall–Kier alpha value is -1.38. The topological polar surface area (TPSA) is 32.3 Å². The van der Waals surface area contributed by atoms with Gasteiger partial charge >= 0.3 is 0 Å². The van der Waals surface area contributed by atoms with Crippen LogP contribution in [0.5, 0.6) is 0 Å². The Morgan fingerprint density at radius 1 is 1.05 bits per heavy atom. The van der Waals surface area contributed by atoms with Crippen LogP contribution >= 0.6 is 0 Å². The van der Waals surface area contributed by atoms with Gasteiger partial charge in [-0.2, -0.15) is 0 Å². The largest absolute Gasteiger partial charge is 0.387 e. The Morgan fingerprint density at radius 2 is 1.70 bits per heavy atom. The van der Waals surface area contributed by atoms with Crippen LogP contribution < -0.4 is 5.32 Å². The maximum absolute atomic E-state index is 10.3. The quantitative estimate of drug-likeness (QED) is 0.884. The molecular formula is C18H25NO. The molecule has 0 aromatic heterocycles. The van der Waals surface area contributed by atoms with Crippen LogP contribution in [0.1, 0.15) is 39.4 Å². The number of rotatable bonds is 4. The van der Waals surface area contributed by atoms with Crippen molar-refractivity contribution >= 4 is 10.8 Å². The zero-order chi connectivity index (χ0) is 14.8. The van der Waals surface area contributed by atoms with Gasteiger partial charge in [0.15, 0.2) is 0 Å². The first kappa shape index (κ1) is 15.0. The summed E-state index contributed by atoms with van der Waals surface area (Å²) in [5.74, 6) is 0. The van der Waals surface area contributed by atoms with E-state index in [-0.39, 0.29) is 5.41 Å². The average molecular weight is 271 g/mol. The SMILES string of the molecule is C[C@@H](NC[C@H](O)c1ccc2ccccc2c1)C(C)(C)C. The minimum atomic E-state index is -0.468. The van der Waals surface area contributed by atoms with E-state index in [1.165, 1.54) is 10.8 Å². The summed E-state index contributed by atoms with van der Waals surface area (Å²) in [6, 6.07) is 14.7. The summed E-state index contributed by atoms with van der Waals surface area (Å²) in [6.07, 6.45) is -0.468. The van der Waals surface area contributed by atoms with Crippen LogP contribution in [0.15, 0.2) is 42.5 Å². The molecule has 0 aliphatic rings. The minimum Gasteiger partial charge on any atom is -0.387 e. The Kier molecular flexibility index (Phi) is 4.46. The van der Waals surface area contributed by atoms with E-state index in [9.17, 15) is 5.11 Å². The van der Waals surface area contributed by atoms with Gasteiger partial charge in [0.2, 0.25) is 0 Å². The fourth-order valence-electron chi connectivity index (χ4n) is 2.13. The molecule has 108 valence electrons. The molecule has 0 bridgehead atoms. The molecular weight excluding hydrogens is 246 g/mol. The third kappa shape index (κ3) is 3.59. The van der Waals surface area contributed by atoms with E-state index >= 15 is 0 Å². The van der Waals surface area contributed by atoms with Crippen LogP contribution in [0.25, 0.3) is 10.8 Å². The molecule has 0 radical (unpaired) electrons. The molecule has 2 nitrogen and oxygen atoms in total. The highest BCUT2D eigenvalue weighted by Gasteiger charge is 2.20. The van der Waals surface area contributed by atoms with Crippen molar-refractivity contribution in [2.45, 2.75) is 39.8 Å². The van der Waals surface area contributed by atoms with E-state index < -0.39 is 6.10 Å². The van der Waals surface area contributed by atoms with E-state index in [0.29, 0.717) is 12.6 Å². The number of aliphatic hydroxyl groups is 1. The van der Waals surface area contributed by atoms with E-state index in [1.54, 1.807) is 0 Å². The average Bonchev–Trinajstić information content (AvgIpc) is 2.42. The number of benzene rings is 2. The van der Waals surface area contributed by atoms with Gasteiger partial charge in [0.1, 0.15) is 0 Å². The van der Waals surface area contributed by atoms with Crippen molar-refractivity contribution in [3.63, 3.8) is 0 Å². The lowest BCUT2D eigenvalue weighted by molar-refractivity contribution is 0.158. The van der Waals surface area contributed by atoms with Crippen LogP contribution in [-0.2, 0) is 0 Å². The van der Waals surface area contributed by atoms with Gasteiger partial charge in [-0.1, -0.05) is 57.2 Å². The summed E-state index contributed by atoms with van der Waals surface area (Å²) in [5.41, 5.74) is 1.17. The Balaban J connectivity index is 2.06. The number of hydrogen-bond acceptors (Lipinski definition) is 2. The molecule has 0 saturated carbocycles. The zero-order valence-corrected chi connectivity index (χ0v) is 12.9. The summed E-state index contributed by atoms with van der Waals surface area (Å²) < 4.78 is 0. The van der Waals surface area contributed by atoms with Crippen molar-refractivity contribution in [1.29, 1.82) is 0 Å². The summed E-state index contributed by atoms with van der Waals surface area (Å²) in [6.45, 7) is 9.34. The lowest BCUT2D eigenvalue weighted by Gasteiger charge is -2.29. The molecule has 2 rings (SSSR count). The van der Waals surface area contributed by atoms with Crippen LogP contribution in [0.4, 0.5) is 0 Å². The summed E-state index contributed by atoms with van der Waals surface area (Å²) >= 11 is 0. The van der Waals surface area contributed by atoms with Gasteiger partial charge in [-0.05, 0) is 34.7 Å². The minimum absolute atomic E-state index is 0.198. The van der Waals surface area contributed by atoms with Crippen LogP contribution in [0.3, 0.4) is 0 Å². The maximum atomic E-state index is 10.3. The second-order valence-corrected chi connectivity index (χ2v) is 6.62. The van der Waals surface area contributed by atoms with Crippen molar-refractivity contribution in [1.82, 2.24) is 5.32 Å². The standard InChI is InChI=1S/C18H25NO/c1-13(18(2,3)4)19-12-17(20)16-10-9-14-7-5-6-8-15(14)11-16/h5-11,13,17,19-20H,12H2,1-4H3/t13-,17+/m1/s1. The van der Waals surface area contributed by atoms with Crippen molar-refractivity contribution in [2.75, 3.05) is 6.54 Å². The van der Waals surface area contributed by atoms with Crippen LogP contribution in [0.2, 0.25) is 0 Å². The highest BCUT2D eigenvalue weighted by molar-refractivity contribution is 5.83. The molecule has 0 aliphatic heterocycles. The molecule has 0 fully saturated rings. The van der Waals surface area contributed by atoms with Crippen molar-refractivity contribution in [3.05, 3.63) is 48.0 Å². The first-order valence-electron chi connectivity index (χ1n) is 7.28. The van der Waals surface area contributed by atoms with Crippen molar-refractivity contribution < 1.29 is 5.11 Å². The van der Waals surface area contributed by atoms with Crippen molar-refractivity contribution in [2.24, 2.45) is 5.41 Å². The monoisotopic (exact) mass is 271 g/mol. The third-order valence-electron chi connectivity index (χ3n) is 4.07. The molecule has 0 saturated heterocycles. The molecule has 2 aromatic carbocycles. The van der Waals surface area contributed by atoms with Gasteiger partial charge in [-0.15, -0.1) is 0 Å². The summed E-state index contributed by atoms with van der Waals surface area (Å²) in [5, 5.41) is 16.1. The lowest BCUT2D eigenvalue weighted by Crippen LogP contribution is -2.39. The van der Waals surface area contributed by atoms with Crippen LogP contribution in [-0.4, -0.2) is 17.7 Å². The Labute approximate surface area is 121 Å². The Morgan fingerprint density at radius 3 is 2.35 bits per heavy atom. The molecule has 0 unspecified atom stereocenters. The van der Waals surface area contributed by atoms with Gasteiger partial charge in [0.05, 0.1) is 6.10 Å². The molecule has 0 amide bonds. The molecule has 0 spiro atoms. The molecule has 0 heterocycles. The summed E-state index contributed by atoms with van der Waals surface area (Å²) in [7, 11) is 0. The first-order valence-corrected chi connectivity index (χ1v) is 7.28. The highest BCUT2D eigenvalue weighted by atomic mass is 16.3. The number of fused-ring (bicyclic) bond motifs is 1. The zero-order valence-electron chi connectivity index (χ0n) is 12.9. The smallest absolute Gasteiger partial charge is 0.0914 e. The number of aliphatic hydroxyl groups excluding tert-OH is 1. The Bertz CT molecular complexity index is 571. The van der Waals surface area contributed by atoms with Gasteiger partial charge in [0, 0.05) is 12.6 Å². The maximum Gasteiger partial charge on any atom is 0.0914 e. The van der Waals surface area contributed by atoms with E-state index in [4.69, 9.17) is 0 Å². The second-order valence-electron chi connectivity index (χ2n) is 6.62. The van der Waals surface area contributed by atoms with Gasteiger partial charge < -0.3 is 10.4 Å². The predicted octanol–water partition coefficient (Wildman–Crippen LogP) is 3.90.